The number of halogens is 3. The summed E-state index contributed by atoms with van der Waals surface area (Å²) in [6, 6.07) is 6.47. The van der Waals surface area contributed by atoms with E-state index in [4.69, 9.17) is 5.73 Å². The molecule has 3 aliphatic rings. The fourth-order valence-corrected chi connectivity index (χ4v) is 5.71. The van der Waals surface area contributed by atoms with E-state index in [1.54, 1.807) is 0 Å². The van der Waals surface area contributed by atoms with Crippen molar-refractivity contribution in [3.63, 3.8) is 0 Å². The molecular weight excluding hydrogens is 555 g/mol. The molecule has 0 unspecified atom stereocenters. The van der Waals surface area contributed by atoms with Gasteiger partial charge in [0.25, 0.3) is 11.7 Å². The Morgan fingerprint density at radius 1 is 0.718 bits per heavy atom. The molecule has 0 atom stereocenters. The number of fused-ring (bicyclic) bond motifs is 1. The summed E-state index contributed by atoms with van der Waals surface area (Å²) < 4.78 is 0. The second-order valence-electron chi connectivity index (χ2n) is 10.7. The molecule has 3 heterocycles. The van der Waals surface area contributed by atoms with Crippen LogP contribution in [0.15, 0.2) is 18.2 Å². The van der Waals surface area contributed by atoms with Crippen molar-refractivity contribution in [1.29, 1.82) is 0 Å². The van der Waals surface area contributed by atoms with Gasteiger partial charge in [0.15, 0.2) is 0 Å². The highest BCUT2D eigenvalue weighted by Crippen LogP contribution is 2.32. The normalized spacial score (nSPS) is 16.4. The third kappa shape index (κ3) is 8.58. The Kier molecular flexibility index (Phi) is 14.3. The lowest BCUT2D eigenvalue weighted by atomic mass is 9.94. The third-order valence-corrected chi connectivity index (χ3v) is 8.08. The van der Waals surface area contributed by atoms with E-state index in [0.717, 1.165) is 36.2 Å². The molecule has 2 fully saturated rings. The van der Waals surface area contributed by atoms with E-state index in [-0.39, 0.29) is 43.0 Å². The van der Waals surface area contributed by atoms with Gasteiger partial charge in [0.2, 0.25) is 0 Å². The number of nitrogens with zero attached hydrogens (tertiary/aromatic N) is 2. The largest absolute Gasteiger partial charge is 0.399 e. The van der Waals surface area contributed by atoms with Crippen molar-refractivity contribution < 1.29 is 9.59 Å². The molecule has 2 saturated heterocycles. The van der Waals surface area contributed by atoms with E-state index in [9.17, 15) is 9.59 Å². The van der Waals surface area contributed by atoms with Crippen LogP contribution in [0, 0.1) is 27.7 Å². The van der Waals surface area contributed by atoms with Gasteiger partial charge < -0.3 is 20.9 Å². The van der Waals surface area contributed by atoms with Gasteiger partial charge in [0, 0.05) is 18.8 Å². The first-order chi connectivity index (χ1) is 17.2. The summed E-state index contributed by atoms with van der Waals surface area (Å²) in [7, 11) is 0. The number of nitrogens with one attached hydrogen (secondary N) is 1. The van der Waals surface area contributed by atoms with Crippen LogP contribution < -0.4 is 11.1 Å². The Morgan fingerprint density at radius 2 is 1.21 bits per heavy atom. The highest BCUT2D eigenvalue weighted by Gasteiger charge is 2.32. The molecule has 2 aromatic rings. The fourth-order valence-electron chi connectivity index (χ4n) is 5.71. The van der Waals surface area contributed by atoms with Crippen molar-refractivity contribution in [1.82, 2.24) is 9.80 Å². The molecule has 9 heteroatoms. The Labute approximate surface area is 252 Å². The molecule has 0 spiro atoms. The van der Waals surface area contributed by atoms with Gasteiger partial charge in [-0.25, -0.2) is 0 Å². The number of rotatable bonds is 6. The number of benzene rings is 2. The van der Waals surface area contributed by atoms with Crippen molar-refractivity contribution >= 4 is 60.3 Å². The van der Waals surface area contributed by atoms with Gasteiger partial charge in [0.05, 0.1) is 11.3 Å². The summed E-state index contributed by atoms with van der Waals surface area (Å²) in [6.07, 6.45) is 7.44. The summed E-state index contributed by atoms with van der Waals surface area (Å²) in [5, 5.41) is 2.68. The number of aryl methyl sites for hydroxylation is 3. The zero-order valence-corrected chi connectivity index (χ0v) is 26.2. The number of nitrogens with two attached hydrogens (primary N) is 1. The number of amides is 1. The van der Waals surface area contributed by atoms with Crippen molar-refractivity contribution in [3.05, 3.63) is 57.1 Å². The number of Topliss-reactive ketones (excluding diaryl/α,β-unsaturated/α-hetero) is 1. The number of hydrogen-bond donors (Lipinski definition) is 2. The van der Waals surface area contributed by atoms with Gasteiger partial charge in [-0.2, -0.15) is 0 Å². The molecule has 3 N–H and O–H groups in total. The first-order valence-corrected chi connectivity index (χ1v) is 13.5. The minimum Gasteiger partial charge on any atom is -0.399 e. The first kappa shape index (κ1) is 35.2. The Morgan fingerprint density at radius 3 is 1.74 bits per heavy atom. The van der Waals surface area contributed by atoms with Crippen molar-refractivity contribution in [2.75, 3.05) is 50.3 Å². The van der Waals surface area contributed by atoms with E-state index in [2.05, 4.69) is 47.2 Å². The van der Waals surface area contributed by atoms with Crippen LogP contribution in [0.25, 0.3) is 0 Å². The van der Waals surface area contributed by atoms with Crippen molar-refractivity contribution in [2.24, 2.45) is 0 Å². The number of nitrogen functional groups attached to an aromatic ring is 1. The minimum atomic E-state index is -0.497. The Hall–Kier alpha value is -1.83. The van der Waals surface area contributed by atoms with Crippen LogP contribution in [0.3, 0.4) is 0 Å². The van der Waals surface area contributed by atoms with E-state index >= 15 is 0 Å². The summed E-state index contributed by atoms with van der Waals surface area (Å²) in [4.78, 5) is 28.5. The van der Waals surface area contributed by atoms with Crippen LogP contribution in [0.4, 0.5) is 11.4 Å². The van der Waals surface area contributed by atoms with Gasteiger partial charge >= 0.3 is 0 Å². The fraction of sp³-hybridized carbons (Fsp3) is 0.533. The smallest absolute Gasteiger partial charge is 0.296 e. The van der Waals surface area contributed by atoms with E-state index in [0.29, 0.717) is 11.3 Å². The quantitative estimate of drug-likeness (QED) is 0.321. The number of likely N-dealkylation sites (tertiary alicyclic amines) is 2. The molecule has 6 nitrogen and oxygen atoms in total. The van der Waals surface area contributed by atoms with Crippen molar-refractivity contribution in [2.45, 2.75) is 66.2 Å². The zero-order valence-electron chi connectivity index (χ0n) is 23.7. The highest BCUT2D eigenvalue weighted by molar-refractivity contribution is 6.52. The monoisotopic (exact) mass is 598 g/mol. The maximum Gasteiger partial charge on any atom is 0.296 e. The van der Waals surface area contributed by atoms with E-state index < -0.39 is 5.91 Å². The molecule has 39 heavy (non-hydrogen) atoms. The topological polar surface area (TPSA) is 78.7 Å². The van der Waals surface area contributed by atoms with Crippen LogP contribution >= 0.6 is 37.2 Å². The SMILES string of the molecule is Cc1cc(CCN2CCCC2)c(C)c2c1NC(=O)C2=O.Cc1cc(CCN2CCCC2)c(C)cc1N.Cl.Cl.Cl. The highest BCUT2D eigenvalue weighted by atomic mass is 35.5. The molecule has 0 aromatic heterocycles. The van der Waals surface area contributed by atoms with Crippen LogP contribution in [-0.2, 0) is 17.6 Å². The maximum absolute atomic E-state index is 12.0. The Bertz CT molecular complexity index is 1140. The number of carbonyl (C=O) groups is 2. The third-order valence-electron chi connectivity index (χ3n) is 8.08. The van der Waals surface area contributed by atoms with Crippen LogP contribution in [-0.4, -0.2) is 60.8 Å². The molecule has 2 aromatic carbocycles. The molecule has 0 saturated carbocycles. The molecule has 0 bridgehead atoms. The number of hydrogen-bond acceptors (Lipinski definition) is 5. The average Bonchev–Trinajstić information content (AvgIpc) is 3.61. The van der Waals surface area contributed by atoms with Gasteiger partial charge in [0.1, 0.15) is 0 Å². The minimum absolute atomic E-state index is 0. The molecule has 218 valence electrons. The second kappa shape index (κ2) is 15.8. The number of carbonyl (C=O) groups excluding carboxylic acids is 2. The predicted molar refractivity (Wildman–Crippen MR) is 170 cm³/mol. The van der Waals surface area contributed by atoms with Gasteiger partial charge in [-0.05, 0) is 132 Å². The summed E-state index contributed by atoms with van der Waals surface area (Å²) in [5.74, 6) is -0.883. The standard InChI is InChI=1S/C16H20N2O2.C14H22N2.3ClH/c1-10-9-12(5-8-18-6-3-4-7-18)11(2)13-14(10)17-16(20)15(13)19;1-11-10-14(15)12(2)9-13(11)5-8-16-6-3-4-7-16;;;/h9H,3-8H2,1-2H3,(H,17,19,20);9-10H,3-8,15H2,1-2H3;3*1H. The van der Waals surface area contributed by atoms with Gasteiger partial charge in [-0.15, -0.1) is 37.2 Å². The molecule has 3 aliphatic heterocycles. The summed E-state index contributed by atoms with van der Waals surface area (Å²) >= 11 is 0. The first-order valence-electron chi connectivity index (χ1n) is 13.5. The molecule has 0 aliphatic carbocycles. The van der Waals surface area contributed by atoms with Crippen LogP contribution in [0.1, 0.15) is 69.4 Å². The zero-order chi connectivity index (χ0) is 25.8. The molecule has 1 amide bonds. The average molecular weight is 600 g/mol. The molecular formula is C30H45Cl3N4O2. The summed E-state index contributed by atoms with van der Waals surface area (Å²) in [6.45, 7) is 15.3. The second-order valence-corrected chi connectivity index (χ2v) is 10.7. The van der Waals surface area contributed by atoms with E-state index in [1.165, 1.54) is 80.7 Å². The lowest BCUT2D eigenvalue weighted by Crippen LogP contribution is -2.22. The van der Waals surface area contributed by atoms with Crippen LogP contribution in [0.2, 0.25) is 0 Å². The predicted octanol–water partition coefficient (Wildman–Crippen LogP) is 5.87. The molecule has 5 rings (SSSR count). The van der Waals surface area contributed by atoms with Crippen LogP contribution in [0.5, 0.6) is 0 Å². The van der Waals surface area contributed by atoms with Crippen molar-refractivity contribution in [3.8, 4) is 0 Å². The number of anilines is 2. The molecule has 0 radical (unpaired) electrons. The lowest BCUT2D eigenvalue weighted by molar-refractivity contribution is -0.112. The van der Waals surface area contributed by atoms with Gasteiger partial charge in [-0.1, -0.05) is 12.1 Å². The Balaban J connectivity index is 0.000000370. The maximum atomic E-state index is 12.0. The van der Waals surface area contributed by atoms with E-state index in [1.807, 2.05) is 13.8 Å². The summed E-state index contributed by atoms with van der Waals surface area (Å²) in [5.41, 5.74) is 15.3. The lowest BCUT2D eigenvalue weighted by Gasteiger charge is -2.17. The number of ketones is 1. The van der Waals surface area contributed by atoms with Gasteiger partial charge in [-0.3, -0.25) is 9.59 Å².